The van der Waals surface area contributed by atoms with Gasteiger partial charge in [-0.2, -0.15) is 0 Å². The normalized spacial score (nSPS) is 19.9. The molecule has 3 heterocycles. The highest BCUT2D eigenvalue weighted by atomic mass is 35.5. The third kappa shape index (κ3) is 5.61. The van der Waals surface area contributed by atoms with Crippen molar-refractivity contribution in [3.63, 3.8) is 0 Å². The van der Waals surface area contributed by atoms with Crippen molar-refractivity contribution < 1.29 is 19.1 Å². The summed E-state index contributed by atoms with van der Waals surface area (Å²) in [4.78, 5) is 41.2. The molecule has 2 fully saturated rings. The lowest BCUT2D eigenvalue weighted by atomic mass is 10.2. The summed E-state index contributed by atoms with van der Waals surface area (Å²) in [6, 6.07) is 8.81. The van der Waals surface area contributed by atoms with Crippen LogP contribution in [0.4, 0.5) is 21.9 Å². The maximum Gasteiger partial charge on any atom is 0.414 e. The first kappa shape index (κ1) is 24.3. The molecule has 34 heavy (non-hydrogen) atoms. The summed E-state index contributed by atoms with van der Waals surface area (Å²) >= 11 is 7.06. The number of thiophene rings is 1. The van der Waals surface area contributed by atoms with Gasteiger partial charge < -0.3 is 31.7 Å². The smallest absolute Gasteiger partial charge is 0.414 e. The standard InChI is InChI=1S/C22H27ClN6O4S/c23-19-4-3-18(34-19)21(31)26-10-15-12-29(22(32)33-15)14-1-2-17(28-8-6-13(25)11-28)16(9-14)27-20(30)5-7-24/h1-4,9,13,15H,5-8,10-12,24-25H2,(H,26,31)(H,27,30). The molecule has 0 radical (unpaired) electrons. The Hall–Kier alpha value is -2.86. The fourth-order valence-electron chi connectivity index (χ4n) is 3.99. The van der Waals surface area contributed by atoms with E-state index in [1.807, 2.05) is 12.1 Å². The monoisotopic (exact) mass is 506 g/mol. The number of ether oxygens (including phenoxy) is 1. The number of hydrogen-bond donors (Lipinski definition) is 4. The number of amides is 3. The summed E-state index contributed by atoms with van der Waals surface area (Å²) in [6.45, 7) is 2.12. The van der Waals surface area contributed by atoms with E-state index in [-0.39, 0.29) is 43.9 Å². The first-order chi connectivity index (χ1) is 16.3. The van der Waals surface area contributed by atoms with Crippen LogP contribution in [0.5, 0.6) is 0 Å². The van der Waals surface area contributed by atoms with Gasteiger partial charge in [0.05, 0.1) is 33.7 Å². The van der Waals surface area contributed by atoms with Crippen molar-refractivity contribution in [1.29, 1.82) is 0 Å². The summed E-state index contributed by atoms with van der Waals surface area (Å²) in [5, 5.41) is 5.68. The average molecular weight is 507 g/mol. The van der Waals surface area contributed by atoms with Crippen LogP contribution in [-0.4, -0.2) is 62.8 Å². The minimum Gasteiger partial charge on any atom is -0.442 e. The van der Waals surface area contributed by atoms with Crippen LogP contribution in [-0.2, 0) is 9.53 Å². The zero-order chi connectivity index (χ0) is 24.2. The molecule has 1 aromatic carbocycles. The molecule has 2 aromatic rings. The van der Waals surface area contributed by atoms with Crippen LogP contribution in [0.1, 0.15) is 22.5 Å². The number of hydrogen-bond acceptors (Lipinski definition) is 8. The van der Waals surface area contributed by atoms with Gasteiger partial charge in [0.25, 0.3) is 5.91 Å². The van der Waals surface area contributed by atoms with E-state index in [9.17, 15) is 14.4 Å². The molecule has 12 heteroatoms. The predicted molar refractivity (Wildman–Crippen MR) is 133 cm³/mol. The number of nitrogens with zero attached hydrogens (tertiary/aromatic N) is 2. The third-order valence-corrected chi connectivity index (χ3v) is 6.89. The topological polar surface area (TPSA) is 143 Å². The first-order valence-electron chi connectivity index (χ1n) is 11.0. The Morgan fingerprint density at radius 3 is 2.74 bits per heavy atom. The highest BCUT2D eigenvalue weighted by Crippen LogP contribution is 2.34. The maximum atomic E-state index is 12.6. The molecule has 0 saturated carbocycles. The van der Waals surface area contributed by atoms with E-state index in [4.69, 9.17) is 27.8 Å². The first-order valence-corrected chi connectivity index (χ1v) is 12.2. The zero-order valence-corrected chi connectivity index (χ0v) is 20.0. The molecule has 2 aliphatic heterocycles. The van der Waals surface area contributed by atoms with Crippen LogP contribution in [0.3, 0.4) is 0 Å². The van der Waals surface area contributed by atoms with Crippen LogP contribution in [0, 0.1) is 0 Å². The van der Waals surface area contributed by atoms with Crippen molar-refractivity contribution in [2.24, 2.45) is 11.5 Å². The number of nitrogens with one attached hydrogen (secondary N) is 2. The van der Waals surface area contributed by atoms with Gasteiger partial charge in [0.1, 0.15) is 6.10 Å². The van der Waals surface area contributed by atoms with Crippen LogP contribution >= 0.6 is 22.9 Å². The molecule has 182 valence electrons. The van der Waals surface area contributed by atoms with E-state index in [2.05, 4.69) is 15.5 Å². The zero-order valence-electron chi connectivity index (χ0n) is 18.5. The van der Waals surface area contributed by atoms with Gasteiger partial charge >= 0.3 is 6.09 Å². The fraction of sp³-hybridized carbons (Fsp3) is 0.409. The lowest BCUT2D eigenvalue weighted by molar-refractivity contribution is -0.116. The summed E-state index contributed by atoms with van der Waals surface area (Å²) in [5.74, 6) is -0.480. The van der Waals surface area contributed by atoms with Crippen LogP contribution in [0.15, 0.2) is 30.3 Å². The Morgan fingerprint density at radius 2 is 2.06 bits per heavy atom. The van der Waals surface area contributed by atoms with E-state index >= 15 is 0 Å². The molecule has 0 spiro atoms. The van der Waals surface area contributed by atoms with Gasteiger partial charge in [-0.1, -0.05) is 11.6 Å². The highest BCUT2D eigenvalue weighted by molar-refractivity contribution is 7.18. The quantitative estimate of drug-likeness (QED) is 0.428. The molecular formula is C22H27ClN6O4S. The summed E-state index contributed by atoms with van der Waals surface area (Å²) < 4.78 is 5.97. The SMILES string of the molecule is NCCC(=O)Nc1cc(N2CC(CNC(=O)c3ccc(Cl)s3)OC2=O)ccc1N1CCC(N)C1. The minimum absolute atomic E-state index is 0.0713. The van der Waals surface area contributed by atoms with Crippen molar-refractivity contribution in [3.8, 4) is 0 Å². The molecule has 2 atom stereocenters. The van der Waals surface area contributed by atoms with E-state index in [0.717, 1.165) is 18.7 Å². The maximum absolute atomic E-state index is 12.6. The second-order valence-corrected chi connectivity index (χ2v) is 9.93. The van der Waals surface area contributed by atoms with Gasteiger partial charge in [0, 0.05) is 37.8 Å². The second kappa shape index (κ2) is 10.6. The Morgan fingerprint density at radius 1 is 1.24 bits per heavy atom. The molecule has 10 nitrogen and oxygen atoms in total. The second-order valence-electron chi connectivity index (χ2n) is 8.21. The van der Waals surface area contributed by atoms with Crippen LogP contribution in [0.25, 0.3) is 0 Å². The molecular weight excluding hydrogens is 480 g/mol. The lowest BCUT2D eigenvalue weighted by Gasteiger charge is -2.24. The van der Waals surface area contributed by atoms with Gasteiger partial charge in [-0.05, 0) is 36.8 Å². The van der Waals surface area contributed by atoms with Crippen molar-refractivity contribution in [1.82, 2.24) is 5.32 Å². The molecule has 2 unspecified atom stereocenters. The van der Waals surface area contributed by atoms with Crippen LogP contribution < -0.4 is 31.9 Å². The van der Waals surface area contributed by atoms with E-state index in [1.165, 1.54) is 16.2 Å². The number of halogens is 1. The number of anilines is 3. The summed E-state index contributed by atoms with van der Waals surface area (Å²) in [7, 11) is 0. The third-order valence-electron chi connectivity index (χ3n) is 5.66. The minimum atomic E-state index is -0.520. The predicted octanol–water partition coefficient (Wildman–Crippen LogP) is 1.98. The van der Waals surface area contributed by atoms with Gasteiger partial charge in [-0.3, -0.25) is 14.5 Å². The molecule has 1 aromatic heterocycles. The lowest BCUT2D eigenvalue weighted by Crippen LogP contribution is -2.34. The largest absolute Gasteiger partial charge is 0.442 e. The average Bonchev–Trinajstić information content (AvgIpc) is 3.52. The molecule has 2 saturated heterocycles. The van der Waals surface area contributed by atoms with E-state index in [1.54, 1.807) is 18.2 Å². The van der Waals surface area contributed by atoms with Gasteiger partial charge in [0.2, 0.25) is 5.91 Å². The number of rotatable bonds is 8. The Balaban J connectivity index is 1.46. The van der Waals surface area contributed by atoms with Crippen molar-refractivity contribution in [2.45, 2.75) is 25.0 Å². The molecule has 3 amide bonds. The number of carbonyl (C=O) groups excluding carboxylic acids is 3. The van der Waals surface area contributed by atoms with E-state index < -0.39 is 12.2 Å². The Kier molecular flexibility index (Phi) is 7.57. The molecule has 0 bridgehead atoms. The molecule has 2 aliphatic rings. The number of cyclic esters (lactones) is 1. The van der Waals surface area contributed by atoms with Crippen molar-refractivity contribution in [3.05, 3.63) is 39.5 Å². The Bertz CT molecular complexity index is 1080. The van der Waals surface area contributed by atoms with Crippen molar-refractivity contribution >= 4 is 57.9 Å². The summed E-state index contributed by atoms with van der Waals surface area (Å²) in [6.07, 6.45) is 0.0141. The van der Waals surface area contributed by atoms with Gasteiger partial charge in [-0.25, -0.2) is 4.79 Å². The van der Waals surface area contributed by atoms with Crippen LogP contribution in [0.2, 0.25) is 4.34 Å². The Labute approximate surface area is 206 Å². The number of benzene rings is 1. The van der Waals surface area contributed by atoms with Crippen molar-refractivity contribution in [2.75, 3.05) is 47.8 Å². The van der Waals surface area contributed by atoms with E-state index in [0.29, 0.717) is 27.1 Å². The molecule has 4 rings (SSSR count). The van der Waals surface area contributed by atoms with Gasteiger partial charge in [0.15, 0.2) is 0 Å². The fourth-order valence-corrected chi connectivity index (χ4v) is 4.95. The number of nitrogens with two attached hydrogens (primary N) is 2. The molecule has 0 aliphatic carbocycles. The highest BCUT2D eigenvalue weighted by Gasteiger charge is 2.33. The summed E-state index contributed by atoms with van der Waals surface area (Å²) in [5.41, 5.74) is 13.6. The van der Waals surface area contributed by atoms with Gasteiger partial charge in [-0.15, -0.1) is 11.3 Å². The number of carbonyl (C=O) groups is 3. The molecule has 6 N–H and O–H groups in total.